The largest absolute Gasteiger partial charge is 0.507 e. The van der Waals surface area contributed by atoms with Gasteiger partial charge in [0.05, 0.1) is 17.1 Å². The van der Waals surface area contributed by atoms with Gasteiger partial charge in [-0.25, -0.2) is 0 Å². The lowest BCUT2D eigenvalue weighted by Gasteiger charge is -2.29. The third-order valence-corrected chi connectivity index (χ3v) is 8.14. The van der Waals surface area contributed by atoms with Crippen LogP contribution >= 0.6 is 0 Å². The van der Waals surface area contributed by atoms with Gasteiger partial charge < -0.3 is 30.5 Å². The minimum atomic E-state index is -1.61. The first-order chi connectivity index (χ1) is 19.9. The molecule has 0 saturated carbocycles. The number of phenols is 2. The zero-order valence-corrected chi connectivity index (χ0v) is 23.7. The Labute approximate surface area is 241 Å². The van der Waals surface area contributed by atoms with Crippen molar-refractivity contribution in [3.05, 3.63) is 70.1 Å². The molecule has 2 aliphatic heterocycles. The second-order valence-corrected chi connectivity index (χ2v) is 10.8. The van der Waals surface area contributed by atoms with Crippen molar-refractivity contribution >= 4 is 34.9 Å². The van der Waals surface area contributed by atoms with Crippen LogP contribution in [0.15, 0.2) is 53.4 Å². The molecule has 1 aliphatic carbocycles. The van der Waals surface area contributed by atoms with E-state index in [2.05, 4.69) is 10.6 Å². The SMILES string of the molecule is CC(=O)c1c(O)c(C)c(O)c2c1OC1=CC(=O)C(=C(C)NCCNC(=O)C3CC(=O)N(c4ccccc4)C3)C(=O)[C@@]12C. The summed E-state index contributed by atoms with van der Waals surface area (Å²) in [7, 11) is 0. The van der Waals surface area contributed by atoms with E-state index in [-0.39, 0.29) is 77.3 Å². The lowest BCUT2D eigenvalue weighted by Crippen LogP contribution is -2.42. The van der Waals surface area contributed by atoms with Crippen molar-refractivity contribution in [3.8, 4) is 17.2 Å². The van der Waals surface area contributed by atoms with Crippen LogP contribution in [0.3, 0.4) is 0 Å². The zero-order chi connectivity index (χ0) is 30.5. The Kier molecular flexibility index (Phi) is 7.13. The number of amides is 2. The molecule has 5 rings (SSSR count). The van der Waals surface area contributed by atoms with E-state index < -0.39 is 40.2 Å². The van der Waals surface area contributed by atoms with Gasteiger partial charge in [-0.3, -0.25) is 24.0 Å². The van der Waals surface area contributed by atoms with Crippen LogP contribution in [0.25, 0.3) is 0 Å². The highest BCUT2D eigenvalue weighted by Gasteiger charge is 2.56. The van der Waals surface area contributed by atoms with Crippen LogP contribution in [0.1, 0.15) is 48.7 Å². The van der Waals surface area contributed by atoms with E-state index in [1.807, 2.05) is 30.3 Å². The van der Waals surface area contributed by atoms with Crippen LogP contribution in [0.4, 0.5) is 5.69 Å². The molecule has 1 unspecified atom stereocenters. The molecule has 218 valence electrons. The molecule has 0 bridgehead atoms. The second kappa shape index (κ2) is 10.5. The third kappa shape index (κ3) is 4.41. The highest BCUT2D eigenvalue weighted by Crippen LogP contribution is 2.57. The molecule has 0 spiro atoms. The normalized spacial score (nSPS) is 22.3. The average molecular weight is 574 g/mol. The summed E-state index contributed by atoms with van der Waals surface area (Å²) in [5, 5.41) is 27.2. The Morgan fingerprint density at radius 1 is 1.05 bits per heavy atom. The van der Waals surface area contributed by atoms with Gasteiger partial charge >= 0.3 is 0 Å². The minimum Gasteiger partial charge on any atom is -0.507 e. The Morgan fingerprint density at radius 2 is 1.71 bits per heavy atom. The fourth-order valence-corrected chi connectivity index (χ4v) is 5.77. The first-order valence-electron chi connectivity index (χ1n) is 13.5. The van der Waals surface area contributed by atoms with Gasteiger partial charge in [0.15, 0.2) is 17.3 Å². The molecule has 11 nitrogen and oxygen atoms in total. The van der Waals surface area contributed by atoms with Crippen LogP contribution < -0.4 is 20.3 Å². The van der Waals surface area contributed by atoms with E-state index in [1.165, 1.54) is 20.8 Å². The number of para-hydroxylation sites is 1. The Morgan fingerprint density at radius 3 is 2.38 bits per heavy atom. The van der Waals surface area contributed by atoms with E-state index in [0.29, 0.717) is 0 Å². The van der Waals surface area contributed by atoms with Gasteiger partial charge in [-0.05, 0) is 39.8 Å². The summed E-state index contributed by atoms with van der Waals surface area (Å²) in [5.41, 5.74) is -0.911. The van der Waals surface area contributed by atoms with Crippen LogP contribution in [0.2, 0.25) is 0 Å². The summed E-state index contributed by atoms with van der Waals surface area (Å²) in [4.78, 5) is 66.0. The van der Waals surface area contributed by atoms with E-state index >= 15 is 0 Å². The first kappa shape index (κ1) is 28.6. The first-order valence-corrected chi connectivity index (χ1v) is 13.5. The third-order valence-electron chi connectivity index (χ3n) is 8.14. The lowest BCUT2D eigenvalue weighted by atomic mass is 9.70. The molecule has 42 heavy (non-hydrogen) atoms. The number of hydrogen-bond donors (Lipinski definition) is 4. The summed E-state index contributed by atoms with van der Waals surface area (Å²) in [5.74, 6) is -3.73. The maximum atomic E-state index is 13.9. The van der Waals surface area contributed by atoms with E-state index in [1.54, 1.807) is 11.8 Å². The van der Waals surface area contributed by atoms with Crippen LogP contribution in [-0.2, 0) is 24.6 Å². The summed E-state index contributed by atoms with van der Waals surface area (Å²) in [6, 6.07) is 9.14. The molecule has 2 aromatic rings. The van der Waals surface area contributed by atoms with Gasteiger partial charge in [-0.2, -0.15) is 0 Å². The molecule has 3 aliphatic rings. The lowest BCUT2D eigenvalue weighted by molar-refractivity contribution is -0.126. The molecular weight excluding hydrogens is 542 g/mol. The van der Waals surface area contributed by atoms with E-state index in [4.69, 9.17) is 4.74 Å². The number of benzene rings is 2. The number of allylic oxidation sites excluding steroid dienone is 4. The number of nitrogens with zero attached hydrogens (tertiary/aromatic N) is 1. The number of carbonyl (C=O) groups is 5. The molecule has 0 aromatic heterocycles. The maximum absolute atomic E-state index is 13.9. The summed E-state index contributed by atoms with van der Waals surface area (Å²) < 4.78 is 5.77. The number of ketones is 3. The molecule has 1 fully saturated rings. The van der Waals surface area contributed by atoms with Crippen molar-refractivity contribution in [2.45, 2.75) is 39.5 Å². The molecular formula is C31H31N3O8. The molecule has 11 heteroatoms. The van der Waals surface area contributed by atoms with Crippen molar-refractivity contribution in [1.29, 1.82) is 0 Å². The predicted octanol–water partition coefficient (Wildman–Crippen LogP) is 2.33. The van der Waals surface area contributed by atoms with Crippen molar-refractivity contribution in [1.82, 2.24) is 10.6 Å². The maximum Gasteiger partial charge on any atom is 0.227 e. The van der Waals surface area contributed by atoms with E-state index in [0.717, 1.165) is 11.8 Å². The smallest absolute Gasteiger partial charge is 0.227 e. The molecule has 1 saturated heterocycles. The second-order valence-electron chi connectivity index (χ2n) is 10.8. The number of hydrogen-bond acceptors (Lipinski definition) is 9. The van der Waals surface area contributed by atoms with Crippen LogP contribution in [0.5, 0.6) is 17.2 Å². The van der Waals surface area contributed by atoms with Gasteiger partial charge in [0.2, 0.25) is 11.8 Å². The molecule has 4 N–H and O–H groups in total. The fraction of sp³-hybridized carbons (Fsp3) is 0.323. The summed E-state index contributed by atoms with van der Waals surface area (Å²) in [6.07, 6.45) is 1.25. The Bertz CT molecular complexity index is 1620. The van der Waals surface area contributed by atoms with Gasteiger partial charge in [0.1, 0.15) is 34.0 Å². The number of aromatic hydroxyl groups is 2. The van der Waals surface area contributed by atoms with Crippen molar-refractivity contribution in [3.63, 3.8) is 0 Å². The molecule has 2 atom stereocenters. The fourth-order valence-electron chi connectivity index (χ4n) is 5.77. The molecule has 2 heterocycles. The summed E-state index contributed by atoms with van der Waals surface area (Å²) >= 11 is 0. The number of Topliss-reactive ketones (excluding diaryl/α,β-unsaturated/α-hetero) is 2. The number of rotatable bonds is 7. The van der Waals surface area contributed by atoms with Gasteiger partial charge in [0.25, 0.3) is 0 Å². The zero-order valence-electron chi connectivity index (χ0n) is 23.7. The molecule has 0 radical (unpaired) electrons. The Balaban J connectivity index is 1.29. The quantitative estimate of drug-likeness (QED) is 0.169. The van der Waals surface area contributed by atoms with Crippen LogP contribution in [0, 0.1) is 12.8 Å². The number of nitrogens with one attached hydrogen (secondary N) is 2. The predicted molar refractivity (Wildman–Crippen MR) is 151 cm³/mol. The number of phenolic OH excluding ortho intramolecular Hbond substituents is 2. The van der Waals surface area contributed by atoms with Crippen LogP contribution in [-0.4, -0.2) is 59.0 Å². The average Bonchev–Trinajstić information content (AvgIpc) is 3.48. The molecule has 2 amide bonds. The Hall–Kier alpha value is -4.93. The topological polar surface area (TPSA) is 162 Å². The van der Waals surface area contributed by atoms with Crippen molar-refractivity contribution in [2.75, 3.05) is 24.5 Å². The number of ether oxygens (including phenoxy) is 1. The number of anilines is 1. The highest BCUT2D eigenvalue weighted by atomic mass is 16.5. The van der Waals surface area contributed by atoms with Gasteiger partial charge in [-0.15, -0.1) is 0 Å². The standard InChI is InChI=1S/C31H31N3O8/c1-15-26(38)24(17(3)35)28-25(27(15)39)31(4)21(42-28)13-20(36)23(29(31)40)16(2)32-10-11-33-30(41)18-12-22(37)34(14-18)19-8-6-5-7-9-19/h5-9,13,18,32,38-39H,10-12,14H2,1-4H3,(H,33,41)/t18?,31-/m0/s1. The number of fused-ring (bicyclic) bond motifs is 3. The monoisotopic (exact) mass is 573 g/mol. The van der Waals surface area contributed by atoms with Crippen molar-refractivity contribution < 1.29 is 38.9 Å². The number of carbonyl (C=O) groups excluding carboxylic acids is 5. The highest BCUT2D eigenvalue weighted by molar-refractivity contribution is 6.31. The molecule has 2 aromatic carbocycles. The summed E-state index contributed by atoms with van der Waals surface area (Å²) in [6.45, 7) is 6.34. The van der Waals surface area contributed by atoms with Gasteiger partial charge in [0, 0.05) is 49.1 Å². The minimum absolute atomic E-state index is 0.0139. The van der Waals surface area contributed by atoms with Gasteiger partial charge in [-0.1, -0.05) is 18.2 Å². The van der Waals surface area contributed by atoms with E-state index in [9.17, 15) is 34.2 Å². The van der Waals surface area contributed by atoms with Crippen molar-refractivity contribution in [2.24, 2.45) is 5.92 Å².